The van der Waals surface area contributed by atoms with Gasteiger partial charge in [0.15, 0.2) is 17.5 Å². The molecule has 4 rings (SSSR count). The molecule has 1 fully saturated rings. The van der Waals surface area contributed by atoms with E-state index in [-0.39, 0.29) is 29.4 Å². The molecule has 0 N–H and O–H groups in total. The van der Waals surface area contributed by atoms with Gasteiger partial charge in [0.2, 0.25) is 0 Å². The van der Waals surface area contributed by atoms with E-state index in [9.17, 15) is 35.1 Å². The molecule has 2 nitrogen and oxygen atoms in total. The largest absolute Gasteiger partial charge is 0.432 e. The van der Waals surface area contributed by atoms with Crippen LogP contribution in [0.5, 0.6) is 5.75 Å². The lowest BCUT2D eigenvalue weighted by atomic mass is 9.90. The molecule has 38 heavy (non-hydrogen) atoms. The van der Waals surface area contributed by atoms with Gasteiger partial charge in [0.25, 0.3) is 0 Å². The lowest BCUT2D eigenvalue weighted by Gasteiger charge is -2.29. The Morgan fingerprint density at radius 3 is 2.05 bits per heavy atom. The zero-order valence-corrected chi connectivity index (χ0v) is 20.3. The summed E-state index contributed by atoms with van der Waals surface area (Å²) < 4.78 is 123. The third-order valence-corrected chi connectivity index (χ3v) is 6.55. The summed E-state index contributed by atoms with van der Waals surface area (Å²) in [5.41, 5.74) is -1.90. The number of ether oxygens (including phenoxy) is 2. The maximum atomic E-state index is 15.0. The first-order valence-corrected chi connectivity index (χ1v) is 12.1. The van der Waals surface area contributed by atoms with Gasteiger partial charge in [-0.15, -0.1) is 0 Å². The van der Waals surface area contributed by atoms with Gasteiger partial charge in [-0.1, -0.05) is 31.9 Å². The van der Waals surface area contributed by atoms with E-state index in [1.165, 1.54) is 12.1 Å². The monoisotopic (exact) mass is 544 g/mol. The predicted molar refractivity (Wildman–Crippen MR) is 124 cm³/mol. The Hall–Kier alpha value is -3.14. The molecule has 1 aliphatic rings. The summed E-state index contributed by atoms with van der Waals surface area (Å²) in [6.07, 6.45) is -0.182. The first-order chi connectivity index (χ1) is 18.0. The fraction of sp³-hybridized carbons (Fsp3) is 0.357. The van der Waals surface area contributed by atoms with Gasteiger partial charge < -0.3 is 9.47 Å². The fourth-order valence-electron chi connectivity index (χ4n) is 4.55. The average molecular weight is 544 g/mol. The summed E-state index contributed by atoms with van der Waals surface area (Å²) in [6.45, 7) is 2.67. The molecule has 3 aromatic carbocycles. The zero-order valence-electron chi connectivity index (χ0n) is 20.3. The molecule has 0 bridgehead atoms. The van der Waals surface area contributed by atoms with Crippen molar-refractivity contribution in [3.8, 4) is 16.9 Å². The van der Waals surface area contributed by atoms with Crippen molar-refractivity contribution in [1.82, 2.24) is 0 Å². The lowest BCUT2D eigenvalue weighted by molar-refractivity contribution is -0.189. The molecule has 1 heterocycles. The highest BCUT2D eigenvalue weighted by atomic mass is 19.3. The fourth-order valence-corrected chi connectivity index (χ4v) is 4.55. The Morgan fingerprint density at radius 1 is 0.842 bits per heavy atom. The van der Waals surface area contributed by atoms with Crippen LogP contribution < -0.4 is 4.74 Å². The van der Waals surface area contributed by atoms with Gasteiger partial charge in [0.1, 0.15) is 28.8 Å². The highest BCUT2D eigenvalue weighted by molar-refractivity contribution is 5.65. The Bertz CT molecular complexity index is 1260. The third-order valence-electron chi connectivity index (χ3n) is 6.55. The van der Waals surface area contributed by atoms with Gasteiger partial charge in [-0.05, 0) is 54.5 Å². The summed E-state index contributed by atoms with van der Waals surface area (Å²) in [5, 5.41) is 0. The molecule has 1 saturated heterocycles. The second-order valence-electron chi connectivity index (χ2n) is 9.28. The van der Waals surface area contributed by atoms with Crippen molar-refractivity contribution in [2.75, 3.05) is 6.61 Å². The van der Waals surface area contributed by atoms with Crippen LogP contribution in [0.1, 0.15) is 56.3 Å². The molecular formula is C28H24F8O2. The SMILES string of the molecule is CCCCC1CCC(c2ccc(-c3cc(F)c(C(F)(F)Oc4cc(F)c(F)c(F)c4)c(F)c3)c(F)c2)OC1. The minimum atomic E-state index is -4.74. The minimum Gasteiger partial charge on any atom is -0.429 e. The normalized spacial score (nSPS) is 18.0. The van der Waals surface area contributed by atoms with E-state index in [2.05, 4.69) is 11.7 Å². The number of halogens is 8. The quantitative estimate of drug-likeness (QED) is 0.208. The third kappa shape index (κ3) is 5.95. The number of rotatable bonds is 8. The van der Waals surface area contributed by atoms with Crippen LogP contribution >= 0.6 is 0 Å². The molecule has 204 valence electrons. The van der Waals surface area contributed by atoms with Crippen LogP contribution in [-0.2, 0) is 10.8 Å². The summed E-state index contributed by atoms with van der Waals surface area (Å²) in [5.74, 6) is -10.7. The molecule has 1 aliphatic heterocycles. The lowest BCUT2D eigenvalue weighted by Crippen LogP contribution is -2.25. The number of unbranched alkanes of at least 4 members (excludes halogenated alkanes) is 1. The molecule has 0 saturated carbocycles. The second-order valence-corrected chi connectivity index (χ2v) is 9.28. The van der Waals surface area contributed by atoms with Gasteiger partial charge in [-0.25, -0.2) is 26.3 Å². The molecule has 3 aromatic rings. The molecule has 2 atom stereocenters. The molecule has 0 spiro atoms. The first-order valence-electron chi connectivity index (χ1n) is 12.1. The van der Waals surface area contributed by atoms with Crippen molar-refractivity contribution in [1.29, 1.82) is 0 Å². The van der Waals surface area contributed by atoms with Crippen LogP contribution in [0.2, 0.25) is 0 Å². The Balaban J connectivity index is 1.54. The van der Waals surface area contributed by atoms with Crippen LogP contribution in [0.3, 0.4) is 0 Å². The van der Waals surface area contributed by atoms with Crippen molar-refractivity contribution in [2.45, 2.75) is 51.2 Å². The van der Waals surface area contributed by atoms with E-state index in [1.807, 2.05) is 0 Å². The van der Waals surface area contributed by atoms with E-state index in [0.717, 1.165) is 25.7 Å². The Labute approximate surface area is 214 Å². The standard InChI is InChI=1S/C28H24F8O2/c1-2-3-4-15-5-8-25(37-14-15)16-6-7-19(20(29)9-16)17-10-21(30)26(22(31)11-17)28(35,36)38-18-12-23(32)27(34)24(33)13-18/h6-7,9-13,15,25H,2-5,8,14H2,1H3. The van der Waals surface area contributed by atoms with Crippen molar-refractivity contribution in [3.05, 3.63) is 88.5 Å². The summed E-state index contributed by atoms with van der Waals surface area (Å²) in [4.78, 5) is 0. The molecule has 2 unspecified atom stereocenters. The van der Waals surface area contributed by atoms with E-state index < -0.39 is 52.3 Å². The molecule has 0 aliphatic carbocycles. The smallest absolute Gasteiger partial charge is 0.429 e. The van der Waals surface area contributed by atoms with Crippen molar-refractivity contribution in [2.24, 2.45) is 5.92 Å². The Morgan fingerprint density at radius 2 is 1.50 bits per heavy atom. The van der Waals surface area contributed by atoms with Crippen LogP contribution in [-0.4, -0.2) is 6.61 Å². The summed E-state index contributed by atoms with van der Waals surface area (Å²) in [6, 6.07) is 5.22. The zero-order chi connectivity index (χ0) is 27.6. The van der Waals surface area contributed by atoms with Gasteiger partial charge in [-0.3, -0.25) is 0 Å². The van der Waals surface area contributed by atoms with E-state index in [0.29, 0.717) is 36.6 Å². The van der Waals surface area contributed by atoms with Crippen LogP contribution in [0.4, 0.5) is 35.1 Å². The topological polar surface area (TPSA) is 18.5 Å². The highest BCUT2D eigenvalue weighted by Gasteiger charge is 2.41. The van der Waals surface area contributed by atoms with E-state index >= 15 is 0 Å². The minimum absolute atomic E-state index is 0.106. The maximum absolute atomic E-state index is 15.0. The van der Waals surface area contributed by atoms with Crippen molar-refractivity contribution < 1.29 is 44.6 Å². The Kier molecular flexibility index (Phi) is 8.30. The first kappa shape index (κ1) is 27.9. The van der Waals surface area contributed by atoms with Crippen LogP contribution in [0, 0.1) is 40.8 Å². The number of benzene rings is 3. The van der Waals surface area contributed by atoms with Gasteiger partial charge in [0.05, 0.1) is 12.7 Å². The highest BCUT2D eigenvalue weighted by Crippen LogP contribution is 2.39. The van der Waals surface area contributed by atoms with Gasteiger partial charge in [-0.2, -0.15) is 8.78 Å². The van der Waals surface area contributed by atoms with Crippen molar-refractivity contribution >= 4 is 0 Å². The molecule has 0 radical (unpaired) electrons. The molecule has 10 heteroatoms. The molecule has 0 amide bonds. The number of hydrogen-bond donors (Lipinski definition) is 0. The van der Waals surface area contributed by atoms with Gasteiger partial charge in [0, 0.05) is 17.7 Å². The van der Waals surface area contributed by atoms with E-state index in [4.69, 9.17) is 4.74 Å². The molecule has 0 aromatic heterocycles. The molecular weight excluding hydrogens is 520 g/mol. The van der Waals surface area contributed by atoms with Crippen molar-refractivity contribution in [3.63, 3.8) is 0 Å². The second kappa shape index (κ2) is 11.3. The predicted octanol–water partition coefficient (Wildman–Crippen LogP) is 8.97. The number of alkyl halides is 2. The maximum Gasteiger partial charge on any atom is 0.432 e. The average Bonchev–Trinajstić information content (AvgIpc) is 2.85. The number of hydrogen-bond acceptors (Lipinski definition) is 2. The summed E-state index contributed by atoms with van der Waals surface area (Å²) >= 11 is 0. The van der Waals surface area contributed by atoms with E-state index in [1.54, 1.807) is 6.07 Å². The van der Waals surface area contributed by atoms with Crippen LogP contribution in [0.15, 0.2) is 42.5 Å². The summed E-state index contributed by atoms with van der Waals surface area (Å²) in [7, 11) is 0. The van der Waals surface area contributed by atoms with Gasteiger partial charge >= 0.3 is 6.11 Å². The van der Waals surface area contributed by atoms with Crippen LogP contribution in [0.25, 0.3) is 11.1 Å².